The second-order valence-corrected chi connectivity index (χ2v) is 6.43. The van der Waals surface area contributed by atoms with Gasteiger partial charge in [-0.25, -0.2) is 0 Å². The van der Waals surface area contributed by atoms with E-state index in [0.717, 1.165) is 18.4 Å². The lowest BCUT2D eigenvalue weighted by atomic mass is 9.93. The second-order valence-electron chi connectivity index (χ2n) is 6.43. The molecule has 0 spiro atoms. The summed E-state index contributed by atoms with van der Waals surface area (Å²) in [5.74, 6) is 1.48. The van der Waals surface area contributed by atoms with E-state index < -0.39 is 0 Å². The van der Waals surface area contributed by atoms with Gasteiger partial charge in [0.25, 0.3) is 0 Å². The standard InChI is InChI=1S/C16H32N4/c1-4-13(5-2)15(20-10-6-7-11-20)12-18-16(17)19(3)14-8-9-14/h13-15H,4-12H2,1-3H3,(H2,17,18). The zero-order chi connectivity index (χ0) is 14.5. The van der Waals surface area contributed by atoms with Gasteiger partial charge >= 0.3 is 0 Å². The Morgan fingerprint density at radius 1 is 1.25 bits per heavy atom. The highest BCUT2D eigenvalue weighted by Crippen LogP contribution is 2.26. The summed E-state index contributed by atoms with van der Waals surface area (Å²) in [6.45, 7) is 7.97. The summed E-state index contributed by atoms with van der Waals surface area (Å²) >= 11 is 0. The van der Waals surface area contributed by atoms with Crippen LogP contribution in [0.4, 0.5) is 0 Å². The average Bonchev–Trinajstić information content (AvgIpc) is 3.18. The molecule has 2 aliphatic rings. The molecule has 0 aromatic carbocycles. The first-order valence-electron chi connectivity index (χ1n) is 8.44. The van der Waals surface area contributed by atoms with Gasteiger partial charge in [0.1, 0.15) is 0 Å². The first-order valence-corrected chi connectivity index (χ1v) is 8.44. The van der Waals surface area contributed by atoms with E-state index in [1.165, 1.54) is 51.6 Å². The summed E-state index contributed by atoms with van der Waals surface area (Å²) in [4.78, 5) is 9.53. The van der Waals surface area contributed by atoms with Gasteiger partial charge in [0, 0.05) is 19.1 Å². The lowest BCUT2D eigenvalue weighted by molar-refractivity contribution is 0.171. The minimum Gasteiger partial charge on any atom is -0.370 e. The molecule has 2 fully saturated rings. The van der Waals surface area contributed by atoms with Crippen LogP contribution < -0.4 is 5.73 Å². The monoisotopic (exact) mass is 280 g/mol. The Hall–Kier alpha value is -0.770. The zero-order valence-corrected chi connectivity index (χ0v) is 13.5. The Bertz CT molecular complexity index is 312. The zero-order valence-electron chi connectivity index (χ0n) is 13.5. The van der Waals surface area contributed by atoms with Crippen LogP contribution in [0.3, 0.4) is 0 Å². The van der Waals surface area contributed by atoms with Crippen molar-refractivity contribution in [1.29, 1.82) is 0 Å². The van der Waals surface area contributed by atoms with Gasteiger partial charge < -0.3 is 10.6 Å². The fourth-order valence-corrected chi connectivity index (χ4v) is 3.42. The van der Waals surface area contributed by atoms with E-state index in [2.05, 4.69) is 30.7 Å². The minimum atomic E-state index is 0.582. The van der Waals surface area contributed by atoms with Crippen molar-refractivity contribution in [2.45, 2.75) is 64.5 Å². The van der Waals surface area contributed by atoms with Gasteiger partial charge in [-0.3, -0.25) is 9.89 Å². The van der Waals surface area contributed by atoms with Crippen LogP contribution in [0, 0.1) is 5.92 Å². The SMILES string of the molecule is CCC(CC)C(CN=C(N)N(C)C1CC1)N1CCCC1. The van der Waals surface area contributed by atoms with Crippen molar-refractivity contribution in [2.75, 3.05) is 26.7 Å². The normalized spacial score (nSPS) is 22.5. The molecule has 1 aliphatic heterocycles. The van der Waals surface area contributed by atoms with Crippen LogP contribution >= 0.6 is 0 Å². The maximum atomic E-state index is 6.15. The van der Waals surface area contributed by atoms with Gasteiger partial charge in [0.2, 0.25) is 0 Å². The van der Waals surface area contributed by atoms with Crippen molar-refractivity contribution in [3.8, 4) is 0 Å². The Kier molecular flexibility index (Phi) is 5.70. The molecule has 20 heavy (non-hydrogen) atoms. The van der Waals surface area contributed by atoms with E-state index in [1.54, 1.807) is 0 Å². The molecular weight excluding hydrogens is 248 g/mol. The maximum Gasteiger partial charge on any atom is 0.191 e. The summed E-state index contributed by atoms with van der Waals surface area (Å²) in [5, 5.41) is 0. The third-order valence-corrected chi connectivity index (χ3v) is 5.10. The summed E-state index contributed by atoms with van der Waals surface area (Å²) in [6, 6.07) is 1.23. The highest BCUT2D eigenvalue weighted by atomic mass is 15.3. The maximum absolute atomic E-state index is 6.15. The second kappa shape index (κ2) is 7.30. The van der Waals surface area contributed by atoms with Gasteiger partial charge in [-0.2, -0.15) is 0 Å². The number of likely N-dealkylation sites (tertiary alicyclic amines) is 1. The number of aliphatic imine (C=N–C) groups is 1. The van der Waals surface area contributed by atoms with Crippen molar-refractivity contribution in [3.63, 3.8) is 0 Å². The molecule has 2 rings (SSSR count). The molecule has 1 aliphatic carbocycles. The minimum absolute atomic E-state index is 0.582. The van der Waals surface area contributed by atoms with Gasteiger partial charge in [0.15, 0.2) is 5.96 Å². The van der Waals surface area contributed by atoms with E-state index in [1.807, 2.05) is 0 Å². The quantitative estimate of drug-likeness (QED) is 0.575. The van der Waals surface area contributed by atoms with E-state index >= 15 is 0 Å². The average molecular weight is 280 g/mol. The van der Waals surface area contributed by atoms with Crippen LogP contribution in [0.15, 0.2) is 4.99 Å². The Morgan fingerprint density at radius 2 is 1.85 bits per heavy atom. The fraction of sp³-hybridized carbons (Fsp3) is 0.938. The molecule has 0 aromatic heterocycles. The van der Waals surface area contributed by atoms with Crippen LogP contribution in [0.1, 0.15) is 52.4 Å². The van der Waals surface area contributed by atoms with Gasteiger partial charge in [-0.15, -0.1) is 0 Å². The van der Waals surface area contributed by atoms with Crippen LogP contribution in [0.5, 0.6) is 0 Å². The highest BCUT2D eigenvalue weighted by molar-refractivity contribution is 5.78. The van der Waals surface area contributed by atoms with Gasteiger partial charge in [-0.1, -0.05) is 26.7 Å². The molecular formula is C16H32N4. The van der Waals surface area contributed by atoms with Crippen molar-refractivity contribution in [1.82, 2.24) is 9.80 Å². The van der Waals surface area contributed by atoms with Crippen LogP contribution in [0.2, 0.25) is 0 Å². The molecule has 1 unspecified atom stereocenters. The Morgan fingerprint density at radius 3 is 2.35 bits per heavy atom. The molecule has 0 aromatic rings. The Labute approximate surface area is 124 Å². The van der Waals surface area contributed by atoms with Crippen molar-refractivity contribution < 1.29 is 0 Å². The number of nitrogens with zero attached hydrogens (tertiary/aromatic N) is 3. The molecule has 4 heteroatoms. The predicted octanol–water partition coefficient (Wildman–Crippen LogP) is 2.30. The topological polar surface area (TPSA) is 44.9 Å². The Balaban J connectivity index is 1.96. The van der Waals surface area contributed by atoms with E-state index in [-0.39, 0.29) is 0 Å². The van der Waals surface area contributed by atoms with E-state index in [0.29, 0.717) is 12.1 Å². The smallest absolute Gasteiger partial charge is 0.191 e. The molecule has 1 saturated heterocycles. The summed E-state index contributed by atoms with van der Waals surface area (Å²) < 4.78 is 0. The molecule has 1 heterocycles. The molecule has 2 N–H and O–H groups in total. The van der Waals surface area contributed by atoms with Crippen LogP contribution in [-0.4, -0.2) is 54.5 Å². The summed E-state index contributed by atoms with van der Waals surface area (Å²) in [6.07, 6.45) is 7.72. The first kappa shape index (κ1) is 15.6. The third kappa shape index (κ3) is 3.87. The van der Waals surface area contributed by atoms with Gasteiger partial charge in [0.05, 0.1) is 6.54 Å². The highest BCUT2D eigenvalue weighted by Gasteiger charge is 2.29. The van der Waals surface area contributed by atoms with Crippen molar-refractivity contribution in [3.05, 3.63) is 0 Å². The molecule has 0 amide bonds. The van der Waals surface area contributed by atoms with Crippen molar-refractivity contribution in [2.24, 2.45) is 16.6 Å². The summed E-state index contributed by atoms with van der Waals surface area (Å²) in [7, 11) is 2.08. The van der Waals surface area contributed by atoms with Crippen LogP contribution in [-0.2, 0) is 0 Å². The number of guanidine groups is 1. The number of hydrogen-bond acceptors (Lipinski definition) is 2. The number of rotatable bonds is 7. The molecule has 0 bridgehead atoms. The fourth-order valence-electron chi connectivity index (χ4n) is 3.42. The molecule has 1 saturated carbocycles. The van der Waals surface area contributed by atoms with E-state index in [4.69, 9.17) is 10.7 Å². The molecule has 116 valence electrons. The predicted molar refractivity (Wildman–Crippen MR) is 85.9 cm³/mol. The first-order chi connectivity index (χ1) is 9.67. The third-order valence-electron chi connectivity index (χ3n) is 5.10. The van der Waals surface area contributed by atoms with Gasteiger partial charge in [-0.05, 0) is 44.7 Å². The molecule has 4 nitrogen and oxygen atoms in total. The number of nitrogens with two attached hydrogens (primary N) is 1. The van der Waals surface area contributed by atoms with Crippen molar-refractivity contribution >= 4 is 5.96 Å². The molecule has 0 radical (unpaired) electrons. The lowest BCUT2D eigenvalue weighted by Gasteiger charge is -2.33. The van der Waals surface area contributed by atoms with E-state index in [9.17, 15) is 0 Å². The summed E-state index contributed by atoms with van der Waals surface area (Å²) in [5.41, 5.74) is 6.15. The molecule has 1 atom stereocenters. The lowest BCUT2D eigenvalue weighted by Crippen LogP contribution is -2.42. The largest absolute Gasteiger partial charge is 0.370 e. The number of hydrogen-bond donors (Lipinski definition) is 1. The van der Waals surface area contributed by atoms with Crippen LogP contribution in [0.25, 0.3) is 0 Å².